The zero-order valence-electron chi connectivity index (χ0n) is 14.9. The Labute approximate surface area is 157 Å². The lowest BCUT2D eigenvalue weighted by atomic mass is 9.91. The molecule has 0 aliphatic carbocycles. The maximum atomic E-state index is 14.5. The molecule has 27 heavy (non-hydrogen) atoms. The molecule has 6 nitrogen and oxygen atoms in total. The van der Waals surface area contributed by atoms with Gasteiger partial charge in [-0.3, -0.25) is 4.79 Å². The third-order valence-electron chi connectivity index (χ3n) is 4.84. The van der Waals surface area contributed by atoms with Gasteiger partial charge in [-0.15, -0.1) is 0 Å². The zero-order chi connectivity index (χ0) is 19.8. The van der Waals surface area contributed by atoms with Gasteiger partial charge in [0, 0.05) is 12.5 Å². The van der Waals surface area contributed by atoms with Gasteiger partial charge in [-0.05, 0) is 31.0 Å². The van der Waals surface area contributed by atoms with Crippen molar-refractivity contribution in [3.8, 4) is 5.75 Å². The highest BCUT2D eigenvalue weighted by Crippen LogP contribution is 2.38. The van der Waals surface area contributed by atoms with Crippen molar-refractivity contribution in [2.75, 3.05) is 13.7 Å². The molecule has 1 N–H and O–H groups in total. The Morgan fingerprint density at radius 3 is 2.48 bits per heavy atom. The van der Waals surface area contributed by atoms with Gasteiger partial charge in [0.05, 0.1) is 7.11 Å². The third kappa shape index (κ3) is 3.42. The normalized spacial score (nSPS) is 20.6. The summed E-state index contributed by atoms with van der Waals surface area (Å²) in [6.45, 7) is 1.91. The molecular weight excluding hydrogens is 373 g/mol. The van der Waals surface area contributed by atoms with Crippen LogP contribution in [0.1, 0.15) is 23.5 Å². The fourth-order valence-corrected chi connectivity index (χ4v) is 5.18. The number of methoxy groups -OCH3 is 1. The molecular formula is C19H20FNO5S. The molecule has 0 spiro atoms. The smallest absolute Gasteiger partial charge is 0.322 e. The molecule has 2 aromatic carbocycles. The van der Waals surface area contributed by atoms with Gasteiger partial charge < -0.3 is 9.84 Å². The number of halogens is 1. The first-order chi connectivity index (χ1) is 12.8. The summed E-state index contributed by atoms with van der Waals surface area (Å²) in [5.41, 5.74) is 1.77. The average molecular weight is 393 g/mol. The SMILES string of the molecule is COc1cccc(S(=O)(=O)N2CCC(c3ccc(C)cc3)C2C(=O)O)c1F. The summed E-state index contributed by atoms with van der Waals surface area (Å²) >= 11 is 0. The second-order valence-electron chi connectivity index (χ2n) is 6.48. The highest BCUT2D eigenvalue weighted by atomic mass is 32.2. The van der Waals surface area contributed by atoms with Crippen molar-refractivity contribution >= 4 is 16.0 Å². The molecule has 0 bridgehead atoms. The highest BCUT2D eigenvalue weighted by molar-refractivity contribution is 7.89. The van der Waals surface area contributed by atoms with Crippen LogP contribution in [-0.4, -0.2) is 43.5 Å². The molecule has 3 rings (SSSR count). The minimum Gasteiger partial charge on any atom is -0.494 e. The van der Waals surface area contributed by atoms with E-state index < -0.39 is 38.7 Å². The highest BCUT2D eigenvalue weighted by Gasteiger charge is 2.47. The Bertz CT molecular complexity index is 959. The molecule has 1 saturated heterocycles. The van der Waals surface area contributed by atoms with Crippen molar-refractivity contribution in [3.05, 3.63) is 59.4 Å². The van der Waals surface area contributed by atoms with Gasteiger partial charge in [0.2, 0.25) is 10.0 Å². The molecule has 2 unspecified atom stereocenters. The van der Waals surface area contributed by atoms with Gasteiger partial charge in [0.15, 0.2) is 11.6 Å². The lowest BCUT2D eigenvalue weighted by Crippen LogP contribution is -2.42. The van der Waals surface area contributed by atoms with Crippen LogP contribution in [0, 0.1) is 12.7 Å². The quantitative estimate of drug-likeness (QED) is 0.845. The Morgan fingerprint density at radius 1 is 1.22 bits per heavy atom. The minimum atomic E-state index is -4.35. The van der Waals surface area contributed by atoms with Crippen LogP contribution in [0.25, 0.3) is 0 Å². The maximum absolute atomic E-state index is 14.5. The molecule has 2 atom stereocenters. The largest absolute Gasteiger partial charge is 0.494 e. The molecule has 0 radical (unpaired) electrons. The van der Waals surface area contributed by atoms with Crippen LogP contribution in [0.3, 0.4) is 0 Å². The second-order valence-corrected chi connectivity index (χ2v) is 8.34. The summed E-state index contributed by atoms with van der Waals surface area (Å²) in [7, 11) is -3.11. The molecule has 0 aromatic heterocycles. The zero-order valence-corrected chi connectivity index (χ0v) is 15.7. The predicted octanol–water partition coefficient (Wildman–Crippen LogP) is 2.77. The van der Waals surface area contributed by atoms with E-state index in [0.29, 0.717) is 6.42 Å². The van der Waals surface area contributed by atoms with Crippen LogP contribution in [-0.2, 0) is 14.8 Å². The Morgan fingerprint density at radius 2 is 1.89 bits per heavy atom. The maximum Gasteiger partial charge on any atom is 0.322 e. The van der Waals surface area contributed by atoms with E-state index in [1.54, 1.807) is 12.1 Å². The molecule has 1 aliphatic rings. The van der Waals surface area contributed by atoms with E-state index in [1.807, 2.05) is 19.1 Å². The first kappa shape index (κ1) is 19.3. The fourth-order valence-electron chi connectivity index (χ4n) is 3.47. The summed E-state index contributed by atoms with van der Waals surface area (Å²) < 4.78 is 46.3. The molecule has 1 fully saturated rings. The summed E-state index contributed by atoms with van der Waals surface area (Å²) in [6.07, 6.45) is 0.338. The number of ether oxygens (including phenoxy) is 1. The van der Waals surface area contributed by atoms with E-state index in [9.17, 15) is 22.7 Å². The molecule has 1 aliphatic heterocycles. The topological polar surface area (TPSA) is 83.9 Å². The predicted molar refractivity (Wildman–Crippen MR) is 96.8 cm³/mol. The molecule has 8 heteroatoms. The second kappa shape index (κ2) is 7.28. The van der Waals surface area contributed by atoms with Crippen LogP contribution in [0.5, 0.6) is 5.75 Å². The number of sulfonamides is 1. The third-order valence-corrected chi connectivity index (χ3v) is 6.74. The molecule has 2 aromatic rings. The number of aliphatic carboxylic acids is 1. The number of nitrogens with zero attached hydrogens (tertiary/aromatic N) is 1. The summed E-state index contributed by atoms with van der Waals surface area (Å²) in [5, 5.41) is 9.73. The van der Waals surface area contributed by atoms with Gasteiger partial charge in [-0.2, -0.15) is 4.31 Å². The van der Waals surface area contributed by atoms with E-state index >= 15 is 0 Å². The Hall–Kier alpha value is -2.45. The number of carboxylic acids is 1. The Balaban J connectivity index is 2.03. The average Bonchev–Trinajstić information content (AvgIpc) is 3.08. The van der Waals surface area contributed by atoms with Gasteiger partial charge >= 0.3 is 5.97 Å². The van der Waals surface area contributed by atoms with Gasteiger partial charge in [-0.1, -0.05) is 35.9 Å². The number of carboxylic acid groups (broad SMARTS) is 1. The van der Waals surface area contributed by atoms with Crippen molar-refractivity contribution in [1.82, 2.24) is 4.31 Å². The van der Waals surface area contributed by atoms with Gasteiger partial charge in [0.25, 0.3) is 0 Å². The minimum absolute atomic E-state index is 0.00546. The molecule has 144 valence electrons. The first-order valence-corrected chi connectivity index (χ1v) is 9.85. The van der Waals surface area contributed by atoms with Crippen LogP contribution < -0.4 is 4.74 Å². The van der Waals surface area contributed by atoms with E-state index in [4.69, 9.17) is 4.74 Å². The Kier molecular flexibility index (Phi) is 5.21. The summed E-state index contributed by atoms with van der Waals surface area (Å²) in [6, 6.07) is 9.80. The van der Waals surface area contributed by atoms with Crippen molar-refractivity contribution in [3.63, 3.8) is 0 Å². The number of carbonyl (C=O) groups is 1. The number of hydrogen-bond donors (Lipinski definition) is 1. The van der Waals surface area contributed by atoms with E-state index in [2.05, 4.69) is 0 Å². The number of hydrogen-bond acceptors (Lipinski definition) is 4. The summed E-state index contributed by atoms with van der Waals surface area (Å²) in [4.78, 5) is 11.3. The van der Waals surface area contributed by atoms with E-state index in [0.717, 1.165) is 21.5 Å². The van der Waals surface area contributed by atoms with Crippen molar-refractivity contribution in [1.29, 1.82) is 0 Å². The van der Waals surface area contributed by atoms with Gasteiger partial charge in [-0.25, -0.2) is 12.8 Å². The number of rotatable bonds is 5. The number of benzene rings is 2. The standard InChI is InChI=1S/C19H20FNO5S/c1-12-6-8-13(9-7-12)14-10-11-21(18(14)19(22)23)27(24,25)16-5-3-4-15(26-2)17(16)20/h3-9,14,18H,10-11H2,1-2H3,(H,22,23). The van der Waals surface area contributed by atoms with Crippen LogP contribution in [0.15, 0.2) is 47.4 Å². The monoisotopic (exact) mass is 393 g/mol. The number of aryl methyl sites for hydroxylation is 1. The van der Waals surface area contributed by atoms with E-state index in [-0.39, 0.29) is 12.3 Å². The van der Waals surface area contributed by atoms with Crippen molar-refractivity contribution in [2.24, 2.45) is 0 Å². The van der Waals surface area contributed by atoms with Crippen LogP contribution >= 0.6 is 0 Å². The molecule has 0 amide bonds. The molecule has 0 saturated carbocycles. The van der Waals surface area contributed by atoms with E-state index in [1.165, 1.54) is 19.2 Å². The molecule has 1 heterocycles. The lowest BCUT2D eigenvalue weighted by molar-refractivity contribution is -0.141. The van der Waals surface area contributed by atoms with Gasteiger partial charge in [0.1, 0.15) is 10.9 Å². The van der Waals surface area contributed by atoms with Crippen LogP contribution in [0.4, 0.5) is 4.39 Å². The first-order valence-electron chi connectivity index (χ1n) is 8.41. The van der Waals surface area contributed by atoms with Crippen molar-refractivity contribution < 1.29 is 27.4 Å². The summed E-state index contributed by atoms with van der Waals surface area (Å²) in [5.74, 6) is -3.00. The van der Waals surface area contributed by atoms with Crippen molar-refractivity contribution in [2.45, 2.75) is 30.2 Å². The fraction of sp³-hybridized carbons (Fsp3) is 0.316. The lowest BCUT2D eigenvalue weighted by Gasteiger charge is -2.25. The van der Waals surface area contributed by atoms with Crippen LogP contribution in [0.2, 0.25) is 0 Å².